The average Bonchev–Trinajstić information content (AvgIpc) is 2.49. The molecule has 0 bridgehead atoms. The fraction of sp³-hybridized carbons (Fsp3) is 0.200. The lowest BCUT2D eigenvalue weighted by Crippen LogP contribution is -2.31. The van der Waals surface area contributed by atoms with Crippen molar-refractivity contribution in [1.29, 1.82) is 0 Å². The Morgan fingerprint density at radius 1 is 0.864 bits per heavy atom. The first-order valence-electron chi connectivity index (χ1n) is 7.56. The van der Waals surface area contributed by atoms with Gasteiger partial charge < -0.3 is 0 Å². The monoisotopic (exact) mass is 289 g/mol. The summed E-state index contributed by atoms with van der Waals surface area (Å²) < 4.78 is 2.19. The molecule has 110 valence electrons. The van der Waals surface area contributed by atoms with Crippen molar-refractivity contribution in [3.05, 3.63) is 71.7 Å². The van der Waals surface area contributed by atoms with Crippen LogP contribution in [0.1, 0.15) is 16.8 Å². The third-order valence-corrected chi connectivity index (χ3v) is 4.19. The molecule has 0 amide bonds. The Morgan fingerprint density at radius 3 is 2.32 bits per heavy atom. The van der Waals surface area contributed by atoms with Crippen LogP contribution < -0.4 is 4.57 Å². The quantitative estimate of drug-likeness (QED) is 0.647. The SMILES string of the molecule is Cc1ccccc1-c1ccc(-c2c(C)ccnc2C)[n+](C)c1. The first-order valence-corrected chi connectivity index (χ1v) is 7.56. The van der Waals surface area contributed by atoms with Crippen LogP contribution in [0.2, 0.25) is 0 Å². The summed E-state index contributed by atoms with van der Waals surface area (Å²) in [5, 5.41) is 0. The van der Waals surface area contributed by atoms with Crippen molar-refractivity contribution in [3.8, 4) is 22.4 Å². The van der Waals surface area contributed by atoms with Gasteiger partial charge in [-0.3, -0.25) is 4.98 Å². The molecule has 0 saturated carbocycles. The Morgan fingerprint density at radius 2 is 1.64 bits per heavy atom. The minimum Gasteiger partial charge on any atom is -0.261 e. The molecule has 2 aromatic heterocycles. The van der Waals surface area contributed by atoms with Gasteiger partial charge in [-0.1, -0.05) is 24.3 Å². The Bertz CT molecular complexity index is 815. The lowest BCUT2D eigenvalue weighted by atomic mass is 9.99. The summed E-state index contributed by atoms with van der Waals surface area (Å²) in [6, 6.07) is 14.9. The highest BCUT2D eigenvalue weighted by Crippen LogP contribution is 2.26. The molecule has 0 atom stereocenters. The van der Waals surface area contributed by atoms with Crippen molar-refractivity contribution in [2.45, 2.75) is 20.8 Å². The maximum absolute atomic E-state index is 4.44. The van der Waals surface area contributed by atoms with E-state index in [-0.39, 0.29) is 0 Å². The van der Waals surface area contributed by atoms with E-state index in [1.807, 2.05) is 6.20 Å². The van der Waals surface area contributed by atoms with Crippen LogP contribution in [0.5, 0.6) is 0 Å². The summed E-state index contributed by atoms with van der Waals surface area (Å²) >= 11 is 0. The molecule has 0 unspecified atom stereocenters. The van der Waals surface area contributed by atoms with E-state index in [9.17, 15) is 0 Å². The van der Waals surface area contributed by atoms with Gasteiger partial charge in [0.25, 0.3) is 0 Å². The fourth-order valence-corrected chi connectivity index (χ4v) is 3.00. The molecule has 2 heterocycles. The van der Waals surface area contributed by atoms with Crippen LogP contribution in [0, 0.1) is 20.8 Å². The van der Waals surface area contributed by atoms with Crippen molar-refractivity contribution in [3.63, 3.8) is 0 Å². The normalized spacial score (nSPS) is 10.7. The molecule has 0 spiro atoms. The maximum Gasteiger partial charge on any atom is 0.214 e. The van der Waals surface area contributed by atoms with Crippen molar-refractivity contribution in [2.24, 2.45) is 7.05 Å². The number of pyridine rings is 2. The van der Waals surface area contributed by atoms with Gasteiger partial charge in [0, 0.05) is 17.8 Å². The predicted octanol–water partition coefficient (Wildman–Crippen LogP) is 4.17. The zero-order valence-electron chi connectivity index (χ0n) is 13.6. The summed E-state index contributed by atoms with van der Waals surface area (Å²) in [4.78, 5) is 4.44. The summed E-state index contributed by atoms with van der Waals surface area (Å²) in [5.74, 6) is 0. The number of aromatic nitrogens is 2. The van der Waals surface area contributed by atoms with Crippen molar-refractivity contribution in [2.75, 3.05) is 0 Å². The Hall–Kier alpha value is -2.48. The van der Waals surface area contributed by atoms with Crippen LogP contribution in [-0.4, -0.2) is 4.98 Å². The molecule has 1 aromatic carbocycles. The van der Waals surface area contributed by atoms with Gasteiger partial charge in [0.2, 0.25) is 5.69 Å². The van der Waals surface area contributed by atoms with Gasteiger partial charge in [-0.25, -0.2) is 4.57 Å². The highest BCUT2D eigenvalue weighted by Gasteiger charge is 2.16. The minimum absolute atomic E-state index is 1.07. The second kappa shape index (κ2) is 5.72. The number of benzene rings is 1. The third-order valence-electron chi connectivity index (χ3n) is 4.19. The number of hydrogen-bond donors (Lipinski definition) is 0. The molecule has 2 heteroatoms. The molecular weight excluding hydrogens is 268 g/mol. The number of hydrogen-bond acceptors (Lipinski definition) is 1. The summed E-state index contributed by atoms with van der Waals surface area (Å²) in [5.41, 5.74) is 8.56. The van der Waals surface area contributed by atoms with E-state index >= 15 is 0 Å². The van der Waals surface area contributed by atoms with Gasteiger partial charge in [0.1, 0.15) is 7.05 Å². The molecule has 0 radical (unpaired) electrons. The van der Waals surface area contributed by atoms with Crippen LogP contribution in [0.3, 0.4) is 0 Å². The Balaban J connectivity index is 2.13. The molecule has 0 aliphatic carbocycles. The van der Waals surface area contributed by atoms with Gasteiger partial charge in [0.15, 0.2) is 6.20 Å². The lowest BCUT2D eigenvalue weighted by Gasteiger charge is -2.09. The molecule has 22 heavy (non-hydrogen) atoms. The highest BCUT2D eigenvalue weighted by atomic mass is 14.9. The second-order valence-corrected chi connectivity index (χ2v) is 5.82. The molecular formula is C20H21N2+. The number of aryl methyl sites for hydroxylation is 4. The molecule has 0 saturated heterocycles. The summed E-state index contributed by atoms with van der Waals surface area (Å²) in [7, 11) is 2.10. The molecule has 0 fully saturated rings. The lowest BCUT2D eigenvalue weighted by molar-refractivity contribution is -0.659. The average molecular weight is 289 g/mol. The zero-order valence-corrected chi connectivity index (χ0v) is 13.6. The van der Waals surface area contributed by atoms with Crippen LogP contribution in [0.4, 0.5) is 0 Å². The van der Waals surface area contributed by atoms with Crippen LogP contribution in [0.25, 0.3) is 22.4 Å². The second-order valence-electron chi connectivity index (χ2n) is 5.82. The first kappa shape index (κ1) is 14.5. The van der Waals surface area contributed by atoms with Gasteiger partial charge in [-0.2, -0.15) is 0 Å². The Labute approximate surface area is 132 Å². The standard InChI is InChI=1S/C20H21N2/c1-14-7-5-6-8-18(14)17-9-10-19(22(4)13-17)20-15(2)11-12-21-16(20)3/h5-13H,1-4H3/q+1. The Kier molecular flexibility index (Phi) is 3.76. The highest BCUT2D eigenvalue weighted by molar-refractivity contribution is 5.69. The third kappa shape index (κ3) is 2.52. The van der Waals surface area contributed by atoms with E-state index in [1.165, 1.54) is 33.5 Å². The van der Waals surface area contributed by atoms with Crippen molar-refractivity contribution < 1.29 is 4.57 Å². The predicted molar refractivity (Wildman–Crippen MR) is 90.5 cm³/mol. The van der Waals surface area contributed by atoms with Crippen LogP contribution in [0.15, 0.2) is 54.9 Å². The van der Waals surface area contributed by atoms with E-state index in [4.69, 9.17) is 0 Å². The molecule has 0 aliphatic heterocycles. The van der Waals surface area contributed by atoms with Crippen molar-refractivity contribution in [1.82, 2.24) is 4.98 Å². The van der Waals surface area contributed by atoms with E-state index in [0.717, 1.165) is 5.69 Å². The van der Waals surface area contributed by atoms with Crippen LogP contribution in [-0.2, 0) is 7.05 Å². The molecule has 3 aromatic rings. The van der Waals surface area contributed by atoms with Gasteiger partial charge in [-0.15, -0.1) is 0 Å². The van der Waals surface area contributed by atoms with Gasteiger partial charge in [0.05, 0.1) is 11.3 Å². The topological polar surface area (TPSA) is 16.8 Å². The van der Waals surface area contributed by atoms with Gasteiger partial charge >= 0.3 is 0 Å². The zero-order chi connectivity index (χ0) is 15.7. The number of rotatable bonds is 2. The van der Waals surface area contributed by atoms with Crippen molar-refractivity contribution >= 4 is 0 Å². The largest absolute Gasteiger partial charge is 0.261 e. The van der Waals surface area contributed by atoms with E-state index < -0.39 is 0 Å². The maximum atomic E-state index is 4.44. The fourth-order valence-electron chi connectivity index (χ4n) is 3.00. The van der Waals surface area contributed by atoms with E-state index in [0.29, 0.717) is 0 Å². The molecule has 0 aliphatic rings. The van der Waals surface area contributed by atoms with Gasteiger partial charge in [-0.05, 0) is 49.6 Å². The minimum atomic E-state index is 1.07. The molecule has 3 rings (SSSR count). The van der Waals surface area contributed by atoms with E-state index in [1.54, 1.807) is 0 Å². The first-order chi connectivity index (χ1) is 10.6. The summed E-state index contributed by atoms with van der Waals surface area (Å²) in [6.07, 6.45) is 4.07. The molecule has 0 N–H and O–H groups in total. The summed E-state index contributed by atoms with van der Waals surface area (Å²) in [6.45, 7) is 6.36. The van der Waals surface area contributed by atoms with Crippen LogP contribution >= 0.6 is 0 Å². The number of nitrogens with zero attached hydrogens (tertiary/aromatic N) is 2. The van der Waals surface area contributed by atoms with E-state index in [2.05, 4.69) is 86.0 Å². The molecule has 2 nitrogen and oxygen atoms in total. The smallest absolute Gasteiger partial charge is 0.214 e.